The number of amides is 1. The van der Waals surface area contributed by atoms with Crippen molar-refractivity contribution in [2.45, 2.75) is 12.8 Å². The molecule has 5 nitrogen and oxygen atoms in total. The Morgan fingerprint density at radius 2 is 1.95 bits per heavy atom. The van der Waals surface area contributed by atoms with Gasteiger partial charge in [0.2, 0.25) is 5.91 Å². The van der Waals surface area contributed by atoms with Crippen LogP contribution in [0.2, 0.25) is 0 Å². The number of rotatable bonds is 4. The third-order valence-electron chi connectivity index (χ3n) is 5.43. The summed E-state index contributed by atoms with van der Waals surface area (Å²) in [4.78, 5) is 28.3. The van der Waals surface area contributed by atoms with Crippen LogP contribution in [0.25, 0.3) is 0 Å². The quantitative estimate of drug-likeness (QED) is 0.783. The number of carbonyl (C=O) groups excluding carboxylic acids is 1. The summed E-state index contributed by atoms with van der Waals surface area (Å²) in [5.74, 6) is -0.998. The SMILES string of the molecule is CN1CCC(CN(C)C(=O)[C@H]2C3C=CC(C3)[C@H]2C(=O)O)C1. The number of carbonyl (C=O) groups is 2. The average molecular weight is 292 g/mol. The first kappa shape index (κ1) is 14.6. The highest BCUT2D eigenvalue weighted by atomic mass is 16.4. The highest BCUT2D eigenvalue weighted by molar-refractivity contribution is 5.86. The molecule has 1 N–H and O–H groups in total. The van der Waals surface area contributed by atoms with Gasteiger partial charge in [-0.2, -0.15) is 0 Å². The molecule has 0 spiro atoms. The molecule has 0 aromatic heterocycles. The molecule has 0 aromatic rings. The summed E-state index contributed by atoms with van der Waals surface area (Å²) in [6.07, 6.45) is 5.98. The number of carboxylic acids is 1. The zero-order chi connectivity index (χ0) is 15.1. The molecule has 5 atom stereocenters. The van der Waals surface area contributed by atoms with Crippen LogP contribution in [0, 0.1) is 29.6 Å². The smallest absolute Gasteiger partial charge is 0.307 e. The molecule has 1 saturated carbocycles. The summed E-state index contributed by atoms with van der Waals surface area (Å²) in [7, 11) is 3.93. The Kier molecular flexibility index (Phi) is 3.78. The topological polar surface area (TPSA) is 60.9 Å². The highest BCUT2D eigenvalue weighted by Gasteiger charge is 2.52. The van der Waals surface area contributed by atoms with Gasteiger partial charge in [0, 0.05) is 20.1 Å². The molecule has 3 unspecified atom stereocenters. The zero-order valence-electron chi connectivity index (χ0n) is 12.7. The van der Waals surface area contributed by atoms with Crippen LogP contribution in [0.15, 0.2) is 12.2 Å². The van der Waals surface area contributed by atoms with E-state index in [2.05, 4.69) is 11.9 Å². The van der Waals surface area contributed by atoms with Crippen molar-refractivity contribution in [2.24, 2.45) is 29.6 Å². The fourth-order valence-electron chi connectivity index (χ4n) is 4.40. The third-order valence-corrected chi connectivity index (χ3v) is 5.43. The molecule has 1 amide bonds. The first-order valence-electron chi connectivity index (χ1n) is 7.82. The Hall–Kier alpha value is -1.36. The van der Waals surface area contributed by atoms with Gasteiger partial charge in [0.25, 0.3) is 0 Å². The standard InChI is InChI=1S/C16H24N2O3/c1-17-6-5-10(8-17)9-18(2)15(19)13-11-3-4-12(7-11)14(13)16(20)21/h3-4,10-14H,5-9H2,1-2H3,(H,20,21)/t10?,11?,12?,13-,14+/m0/s1. The second-order valence-corrected chi connectivity index (χ2v) is 6.97. The summed E-state index contributed by atoms with van der Waals surface area (Å²) in [6, 6.07) is 0. The van der Waals surface area contributed by atoms with Crippen LogP contribution in [0.4, 0.5) is 0 Å². The second-order valence-electron chi connectivity index (χ2n) is 6.97. The molecular weight excluding hydrogens is 268 g/mol. The molecule has 1 heterocycles. The van der Waals surface area contributed by atoms with Gasteiger partial charge in [0.05, 0.1) is 11.8 Å². The Balaban J connectivity index is 1.66. The van der Waals surface area contributed by atoms with E-state index in [-0.39, 0.29) is 23.7 Å². The van der Waals surface area contributed by atoms with E-state index in [1.54, 1.807) is 4.90 Å². The van der Waals surface area contributed by atoms with E-state index in [0.717, 1.165) is 32.5 Å². The van der Waals surface area contributed by atoms with Gasteiger partial charge in [0.15, 0.2) is 0 Å². The van der Waals surface area contributed by atoms with Crippen molar-refractivity contribution in [3.05, 3.63) is 12.2 Å². The lowest BCUT2D eigenvalue weighted by atomic mass is 9.82. The minimum atomic E-state index is -0.820. The van der Waals surface area contributed by atoms with Crippen molar-refractivity contribution in [2.75, 3.05) is 33.7 Å². The molecule has 1 aliphatic heterocycles. The molecule has 2 bridgehead atoms. The largest absolute Gasteiger partial charge is 0.481 e. The molecule has 0 radical (unpaired) electrons. The zero-order valence-corrected chi connectivity index (χ0v) is 12.7. The predicted molar refractivity (Wildman–Crippen MR) is 78.6 cm³/mol. The number of likely N-dealkylation sites (tertiary alicyclic amines) is 1. The third kappa shape index (κ3) is 2.59. The summed E-state index contributed by atoms with van der Waals surface area (Å²) < 4.78 is 0. The maximum absolute atomic E-state index is 12.7. The average Bonchev–Trinajstić information content (AvgIpc) is 3.12. The number of nitrogens with zero attached hydrogens (tertiary/aromatic N) is 2. The van der Waals surface area contributed by atoms with Gasteiger partial charge in [-0.15, -0.1) is 0 Å². The lowest BCUT2D eigenvalue weighted by Gasteiger charge is -2.30. The van der Waals surface area contributed by atoms with Crippen LogP contribution in [-0.2, 0) is 9.59 Å². The molecule has 116 valence electrons. The van der Waals surface area contributed by atoms with E-state index in [1.165, 1.54) is 0 Å². The Bertz CT molecular complexity index is 476. The molecule has 3 aliphatic rings. The van der Waals surface area contributed by atoms with Crippen LogP contribution < -0.4 is 0 Å². The monoisotopic (exact) mass is 292 g/mol. The number of carboxylic acid groups (broad SMARTS) is 1. The summed E-state index contributed by atoms with van der Waals surface area (Å²) >= 11 is 0. The van der Waals surface area contributed by atoms with Crippen molar-refractivity contribution in [3.63, 3.8) is 0 Å². The van der Waals surface area contributed by atoms with Gasteiger partial charge in [-0.1, -0.05) is 12.2 Å². The Labute approximate surface area is 125 Å². The molecule has 0 aromatic carbocycles. The Morgan fingerprint density at radius 3 is 2.52 bits per heavy atom. The summed E-state index contributed by atoms with van der Waals surface area (Å²) in [6.45, 7) is 2.85. The summed E-state index contributed by atoms with van der Waals surface area (Å²) in [5.41, 5.74) is 0. The molecule has 21 heavy (non-hydrogen) atoms. The first-order chi connectivity index (χ1) is 9.97. The van der Waals surface area contributed by atoms with Gasteiger partial charge in [-0.25, -0.2) is 0 Å². The first-order valence-corrected chi connectivity index (χ1v) is 7.82. The summed E-state index contributed by atoms with van der Waals surface area (Å²) in [5, 5.41) is 9.44. The van der Waals surface area contributed by atoms with Crippen molar-refractivity contribution in [3.8, 4) is 0 Å². The minimum absolute atomic E-state index is 0.0220. The van der Waals surface area contributed by atoms with E-state index in [1.807, 2.05) is 19.2 Å². The lowest BCUT2D eigenvalue weighted by molar-refractivity contribution is -0.150. The number of hydrogen-bond acceptors (Lipinski definition) is 3. The minimum Gasteiger partial charge on any atom is -0.481 e. The van der Waals surface area contributed by atoms with E-state index < -0.39 is 11.9 Å². The van der Waals surface area contributed by atoms with Crippen LogP contribution in [0.5, 0.6) is 0 Å². The maximum Gasteiger partial charge on any atom is 0.307 e. The van der Waals surface area contributed by atoms with Crippen LogP contribution >= 0.6 is 0 Å². The van der Waals surface area contributed by atoms with Crippen molar-refractivity contribution in [1.82, 2.24) is 9.80 Å². The number of aliphatic carboxylic acids is 1. The fraction of sp³-hybridized carbons (Fsp3) is 0.750. The van der Waals surface area contributed by atoms with Gasteiger partial charge >= 0.3 is 5.97 Å². The highest BCUT2D eigenvalue weighted by Crippen LogP contribution is 2.48. The van der Waals surface area contributed by atoms with Gasteiger partial charge in [-0.05, 0) is 44.2 Å². The predicted octanol–water partition coefficient (Wildman–Crippen LogP) is 0.919. The van der Waals surface area contributed by atoms with Crippen LogP contribution in [0.3, 0.4) is 0 Å². The number of fused-ring (bicyclic) bond motifs is 2. The fourth-order valence-corrected chi connectivity index (χ4v) is 4.40. The normalized spacial score (nSPS) is 38.1. The van der Waals surface area contributed by atoms with Crippen LogP contribution in [0.1, 0.15) is 12.8 Å². The van der Waals surface area contributed by atoms with Gasteiger partial charge in [-0.3, -0.25) is 9.59 Å². The van der Waals surface area contributed by atoms with E-state index in [0.29, 0.717) is 5.92 Å². The van der Waals surface area contributed by atoms with E-state index in [9.17, 15) is 14.7 Å². The maximum atomic E-state index is 12.7. The molecule has 2 fully saturated rings. The lowest BCUT2D eigenvalue weighted by Crippen LogP contribution is -2.43. The molecule has 1 saturated heterocycles. The van der Waals surface area contributed by atoms with Gasteiger partial charge in [0.1, 0.15) is 0 Å². The van der Waals surface area contributed by atoms with Crippen molar-refractivity contribution in [1.29, 1.82) is 0 Å². The molecule has 2 aliphatic carbocycles. The van der Waals surface area contributed by atoms with Gasteiger partial charge < -0.3 is 14.9 Å². The molecule has 3 rings (SSSR count). The number of hydrogen-bond donors (Lipinski definition) is 1. The molecule has 5 heteroatoms. The van der Waals surface area contributed by atoms with E-state index in [4.69, 9.17) is 0 Å². The second kappa shape index (κ2) is 5.44. The van der Waals surface area contributed by atoms with Crippen molar-refractivity contribution >= 4 is 11.9 Å². The van der Waals surface area contributed by atoms with Crippen molar-refractivity contribution < 1.29 is 14.7 Å². The van der Waals surface area contributed by atoms with E-state index >= 15 is 0 Å². The Morgan fingerprint density at radius 1 is 1.29 bits per heavy atom. The molecular formula is C16H24N2O3. The van der Waals surface area contributed by atoms with Crippen LogP contribution in [-0.4, -0.2) is 60.5 Å². The number of allylic oxidation sites excluding steroid dienone is 2.